The second-order valence-corrected chi connectivity index (χ2v) is 10.6. The summed E-state index contributed by atoms with van der Waals surface area (Å²) in [6.45, 7) is 14.4. The van der Waals surface area contributed by atoms with Gasteiger partial charge in [-0.15, -0.1) is 5.10 Å². The molecule has 5 heterocycles. The van der Waals surface area contributed by atoms with Crippen LogP contribution in [0.5, 0.6) is 11.8 Å². The third kappa shape index (κ3) is 5.41. The van der Waals surface area contributed by atoms with Crippen LogP contribution in [0.2, 0.25) is 0 Å². The topological polar surface area (TPSA) is 119 Å². The highest BCUT2D eigenvalue weighted by atomic mass is 16.5. The SMILES string of the molecule is CCN1Cc2c(c(OC(C)C)nn2C[C@H](C)O)/C=C/c2[nH]nc3nc(C)c(cc23)-c2cnn(C)c2O[C@@H](C)C1. The molecule has 11 nitrogen and oxygen atoms in total. The molecule has 0 saturated carbocycles. The number of ether oxygens (including phenoxy) is 2. The zero-order valence-corrected chi connectivity index (χ0v) is 23.8. The zero-order valence-electron chi connectivity index (χ0n) is 23.8. The number of aliphatic hydroxyl groups excluding tert-OH is 1. The summed E-state index contributed by atoms with van der Waals surface area (Å²) < 4.78 is 16.3. The van der Waals surface area contributed by atoms with Crippen LogP contribution in [0.1, 0.15) is 57.3 Å². The quantitative estimate of drug-likeness (QED) is 0.397. The molecule has 4 aromatic heterocycles. The van der Waals surface area contributed by atoms with E-state index in [1.807, 2.05) is 50.8 Å². The van der Waals surface area contributed by atoms with E-state index in [4.69, 9.17) is 19.6 Å². The molecule has 1 aliphatic rings. The number of fused-ring (bicyclic) bond motifs is 4. The minimum atomic E-state index is -0.564. The van der Waals surface area contributed by atoms with E-state index < -0.39 is 6.10 Å². The van der Waals surface area contributed by atoms with Crippen molar-refractivity contribution in [3.05, 3.63) is 34.9 Å². The molecule has 5 rings (SSSR count). The van der Waals surface area contributed by atoms with Crippen molar-refractivity contribution < 1.29 is 14.6 Å². The van der Waals surface area contributed by atoms with Gasteiger partial charge in [-0.2, -0.15) is 10.2 Å². The van der Waals surface area contributed by atoms with Gasteiger partial charge in [0.05, 0.1) is 47.5 Å². The molecule has 4 aromatic rings. The molecule has 0 amide bonds. The van der Waals surface area contributed by atoms with Gasteiger partial charge in [-0.1, -0.05) is 6.92 Å². The third-order valence-corrected chi connectivity index (χ3v) is 6.85. The van der Waals surface area contributed by atoms with Crippen LogP contribution in [0.25, 0.3) is 34.3 Å². The number of aromatic amines is 1. The Hall–Kier alpha value is -3.70. The summed E-state index contributed by atoms with van der Waals surface area (Å²) in [6, 6.07) is 2.09. The first-order valence-corrected chi connectivity index (χ1v) is 13.5. The maximum Gasteiger partial charge on any atom is 0.240 e. The number of aromatic nitrogens is 7. The molecule has 2 N–H and O–H groups in total. The Morgan fingerprint density at radius 2 is 2.03 bits per heavy atom. The van der Waals surface area contributed by atoms with Gasteiger partial charge in [-0.25, -0.2) is 9.67 Å². The van der Waals surface area contributed by atoms with Gasteiger partial charge >= 0.3 is 0 Å². The van der Waals surface area contributed by atoms with E-state index in [2.05, 4.69) is 40.1 Å². The van der Waals surface area contributed by atoms with Crippen molar-refractivity contribution in [2.24, 2.45) is 7.05 Å². The van der Waals surface area contributed by atoms with Gasteiger partial charge in [-0.3, -0.25) is 14.7 Å². The Morgan fingerprint density at radius 1 is 1.23 bits per heavy atom. The van der Waals surface area contributed by atoms with E-state index in [0.29, 0.717) is 37.0 Å². The van der Waals surface area contributed by atoms with E-state index in [1.165, 1.54) is 0 Å². The van der Waals surface area contributed by atoms with Crippen LogP contribution in [0, 0.1) is 6.92 Å². The lowest BCUT2D eigenvalue weighted by Crippen LogP contribution is -2.35. The molecule has 0 radical (unpaired) electrons. The van der Waals surface area contributed by atoms with Crippen molar-refractivity contribution in [2.45, 2.75) is 72.9 Å². The van der Waals surface area contributed by atoms with Crippen molar-refractivity contribution >= 4 is 23.2 Å². The average molecular weight is 535 g/mol. The number of H-pyrrole nitrogens is 1. The maximum absolute atomic E-state index is 10.3. The highest BCUT2D eigenvalue weighted by molar-refractivity contribution is 5.91. The second kappa shape index (κ2) is 10.8. The largest absolute Gasteiger partial charge is 0.473 e. The van der Waals surface area contributed by atoms with Crippen LogP contribution in [0.15, 0.2) is 12.3 Å². The second-order valence-electron chi connectivity index (χ2n) is 10.6. The molecular weight excluding hydrogens is 496 g/mol. The molecule has 39 heavy (non-hydrogen) atoms. The van der Waals surface area contributed by atoms with Crippen LogP contribution in [-0.4, -0.2) is 76.2 Å². The van der Waals surface area contributed by atoms with Gasteiger partial charge in [0.15, 0.2) is 5.65 Å². The number of pyridine rings is 1. The minimum Gasteiger partial charge on any atom is -0.473 e. The van der Waals surface area contributed by atoms with Crippen molar-refractivity contribution in [1.82, 2.24) is 39.6 Å². The molecule has 0 aliphatic carbocycles. The molecule has 2 bridgehead atoms. The summed E-state index contributed by atoms with van der Waals surface area (Å²) in [4.78, 5) is 7.09. The lowest BCUT2D eigenvalue weighted by Gasteiger charge is -2.26. The predicted octanol–water partition coefficient (Wildman–Crippen LogP) is 3.80. The predicted molar refractivity (Wildman–Crippen MR) is 150 cm³/mol. The Morgan fingerprint density at radius 3 is 2.74 bits per heavy atom. The average Bonchev–Trinajstić information content (AvgIpc) is 3.51. The van der Waals surface area contributed by atoms with Crippen molar-refractivity contribution in [2.75, 3.05) is 13.1 Å². The summed E-state index contributed by atoms with van der Waals surface area (Å²) >= 11 is 0. The number of hydrogen-bond donors (Lipinski definition) is 2. The van der Waals surface area contributed by atoms with Crippen LogP contribution in [-0.2, 0) is 20.1 Å². The van der Waals surface area contributed by atoms with E-state index in [9.17, 15) is 5.11 Å². The van der Waals surface area contributed by atoms with E-state index in [0.717, 1.165) is 45.7 Å². The minimum absolute atomic E-state index is 0.0560. The van der Waals surface area contributed by atoms with Gasteiger partial charge in [0.1, 0.15) is 6.10 Å². The number of rotatable bonds is 5. The van der Waals surface area contributed by atoms with Crippen molar-refractivity contribution in [3.63, 3.8) is 0 Å². The maximum atomic E-state index is 10.3. The molecule has 208 valence electrons. The first-order chi connectivity index (χ1) is 18.6. The van der Waals surface area contributed by atoms with E-state index in [-0.39, 0.29) is 12.2 Å². The van der Waals surface area contributed by atoms with Crippen LogP contribution < -0.4 is 9.47 Å². The highest BCUT2D eigenvalue weighted by Crippen LogP contribution is 2.35. The summed E-state index contributed by atoms with van der Waals surface area (Å²) in [5, 5.41) is 28.1. The lowest BCUT2D eigenvalue weighted by atomic mass is 10.1. The smallest absolute Gasteiger partial charge is 0.240 e. The van der Waals surface area contributed by atoms with Crippen molar-refractivity contribution in [1.29, 1.82) is 0 Å². The summed E-state index contributed by atoms with van der Waals surface area (Å²) in [5.74, 6) is 1.24. The van der Waals surface area contributed by atoms with Crippen molar-refractivity contribution in [3.8, 4) is 22.9 Å². The van der Waals surface area contributed by atoms with Crippen LogP contribution in [0.3, 0.4) is 0 Å². The Labute approximate surface area is 228 Å². The van der Waals surface area contributed by atoms with Crippen LogP contribution in [0.4, 0.5) is 0 Å². The number of nitrogens with one attached hydrogen (secondary N) is 1. The zero-order chi connectivity index (χ0) is 27.8. The normalized spacial score (nSPS) is 17.9. The summed E-state index contributed by atoms with van der Waals surface area (Å²) in [7, 11) is 1.89. The Kier molecular flexibility index (Phi) is 7.46. The fourth-order valence-electron chi connectivity index (χ4n) is 5.01. The molecule has 0 unspecified atom stereocenters. The summed E-state index contributed by atoms with van der Waals surface area (Å²) in [5.41, 5.74) is 6.00. The van der Waals surface area contributed by atoms with Crippen LogP contribution >= 0.6 is 0 Å². The fraction of sp³-hybridized carbons (Fsp3) is 0.500. The van der Waals surface area contributed by atoms with E-state index in [1.54, 1.807) is 11.6 Å². The van der Waals surface area contributed by atoms with Gasteiger partial charge in [0.25, 0.3) is 0 Å². The third-order valence-electron chi connectivity index (χ3n) is 6.85. The standard InChI is InChI=1S/C28H38N8O3/c1-8-35-14-18(5)39-28-23(12-29-34(28)7)21-11-22-24(31-32-26(22)30-19(21)6)10-9-20-25(15-35)36(13-17(4)37)33-27(20)38-16(2)3/h9-12,16-18,37H,8,13-15H2,1-7H3,(H,30,31,32)/b10-9+/t17-,18-/m0/s1. The van der Waals surface area contributed by atoms with Gasteiger partial charge in [0.2, 0.25) is 11.8 Å². The lowest BCUT2D eigenvalue weighted by molar-refractivity contribution is 0.131. The summed E-state index contributed by atoms with van der Waals surface area (Å²) in [6.07, 6.45) is 5.11. The number of aryl methyl sites for hydroxylation is 2. The molecule has 2 atom stereocenters. The van der Waals surface area contributed by atoms with E-state index >= 15 is 0 Å². The Bertz CT molecular complexity index is 1500. The molecule has 0 fully saturated rings. The number of aliphatic hydroxyl groups is 1. The highest BCUT2D eigenvalue weighted by Gasteiger charge is 2.24. The first-order valence-electron chi connectivity index (χ1n) is 13.5. The fourth-order valence-corrected chi connectivity index (χ4v) is 5.01. The molecule has 11 heteroatoms. The molecule has 0 spiro atoms. The molecule has 0 saturated heterocycles. The number of nitrogens with zero attached hydrogens (tertiary/aromatic N) is 7. The number of likely N-dealkylation sites (N-methyl/N-ethyl adjacent to an activating group) is 1. The molecular formula is C28H38N8O3. The Balaban J connectivity index is 1.72. The van der Waals surface area contributed by atoms with Gasteiger partial charge < -0.3 is 14.6 Å². The molecule has 0 aromatic carbocycles. The van der Waals surface area contributed by atoms with Gasteiger partial charge in [-0.05, 0) is 59.4 Å². The first kappa shape index (κ1) is 26.9. The van der Waals surface area contributed by atoms with Gasteiger partial charge in [0, 0.05) is 36.8 Å². The molecule has 1 aliphatic heterocycles. The monoisotopic (exact) mass is 534 g/mol. The number of hydrogen-bond acceptors (Lipinski definition) is 8.